The van der Waals surface area contributed by atoms with Gasteiger partial charge in [-0.1, -0.05) is 0 Å². The Morgan fingerprint density at radius 2 is 2.13 bits per heavy atom. The van der Waals surface area contributed by atoms with Crippen molar-refractivity contribution in [2.45, 2.75) is 50.6 Å². The van der Waals surface area contributed by atoms with Crippen molar-refractivity contribution in [2.75, 3.05) is 12.3 Å². The zero-order valence-electron chi connectivity index (χ0n) is 9.25. The molecule has 1 saturated heterocycles. The van der Waals surface area contributed by atoms with Crippen LogP contribution in [0.3, 0.4) is 0 Å². The minimum Gasteiger partial charge on any atom is -0.313 e. The van der Waals surface area contributed by atoms with Gasteiger partial charge in [-0.15, -0.1) is 0 Å². The van der Waals surface area contributed by atoms with E-state index in [1.54, 1.807) is 0 Å². The molecule has 1 aliphatic carbocycles. The number of nitrogens with one attached hydrogen (secondary N) is 2. The van der Waals surface area contributed by atoms with Crippen molar-refractivity contribution < 1.29 is 8.42 Å². The van der Waals surface area contributed by atoms with Crippen molar-refractivity contribution in [1.29, 1.82) is 0 Å². The van der Waals surface area contributed by atoms with Crippen LogP contribution in [-0.4, -0.2) is 32.3 Å². The molecule has 0 aromatic heterocycles. The summed E-state index contributed by atoms with van der Waals surface area (Å²) in [5, 5.41) is 3.22. The van der Waals surface area contributed by atoms with Crippen LogP contribution in [0, 0.1) is 0 Å². The highest BCUT2D eigenvalue weighted by Gasteiger charge is 2.36. The highest BCUT2D eigenvalue weighted by atomic mass is 32.2. The van der Waals surface area contributed by atoms with Crippen molar-refractivity contribution in [1.82, 2.24) is 10.0 Å². The maximum absolute atomic E-state index is 11.8. The van der Waals surface area contributed by atoms with E-state index >= 15 is 0 Å². The molecule has 1 unspecified atom stereocenters. The summed E-state index contributed by atoms with van der Waals surface area (Å²) in [6, 6.07) is 0.158. The molecule has 1 heterocycles. The Kier molecular flexibility index (Phi) is 3.05. The van der Waals surface area contributed by atoms with Crippen molar-refractivity contribution in [2.24, 2.45) is 0 Å². The monoisotopic (exact) mass is 232 g/mol. The lowest BCUT2D eigenvalue weighted by atomic mass is 9.80. The van der Waals surface area contributed by atoms with Gasteiger partial charge in [0.05, 0.1) is 5.75 Å². The van der Waals surface area contributed by atoms with Gasteiger partial charge in [-0.3, -0.25) is 0 Å². The first-order valence-corrected chi connectivity index (χ1v) is 7.39. The third kappa shape index (κ3) is 2.92. The summed E-state index contributed by atoms with van der Waals surface area (Å²) >= 11 is 0. The molecule has 0 radical (unpaired) electrons. The number of hydrogen-bond acceptors (Lipinski definition) is 3. The summed E-state index contributed by atoms with van der Waals surface area (Å²) in [6.07, 6.45) is 5.17. The van der Waals surface area contributed by atoms with Gasteiger partial charge in [0, 0.05) is 11.6 Å². The lowest BCUT2D eigenvalue weighted by molar-refractivity contribution is 0.247. The summed E-state index contributed by atoms with van der Waals surface area (Å²) in [6.45, 7) is 2.95. The van der Waals surface area contributed by atoms with Gasteiger partial charge in [0.2, 0.25) is 10.0 Å². The highest BCUT2D eigenvalue weighted by Crippen LogP contribution is 2.31. The van der Waals surface area contributed by atoms with Gasteiger partial charge in [-0.25, -0.2) is 13.1 Å². The molecular weight excluding hydrogens is 212 g/mol. The van der Waals surface area contributed by atoms with Crippen molar-refractivity contribution >= 4 is 10.0 Å². The molecule has 5 heteroatoms. The van der Waals surface area contributed by atoms with Crippen LogP contribution < -0.4 is 10.0 Å². The van der Waals surface area contributed by atoms with Crippen LogP contribution in [0.2, 0.25) is 0 Å². The first-order valence-electron chi connectivity index (χ1n) is 5.74. The fourth-order valence-electron chi connectivity index (χ4n) is 2.39. The molecule has 2 N–H and O–H groups in total. The Balaban J connectivity index is 1.88. The lowest BCUT2D eigenvalue weighted by Crippen LogP contribution is -2.52. The Morgan fingerprint density at radius 3 is 2.60 bits per heavy atom. The molecule has 1 aliphatic heterocycles. The molecule has 4 nitrogen and oxygen atoms in total. The fraction of sp³-hybridized carbons (Fsp3) is 1.00. The first-order chi connectivity index (χ1) is 6.99. The molecule has 0 bridgehead atoms. The molecule has 88 valence electrons. The van der Waals surface area contributed by atoms with Crippen molar-refractivity contribution in [3.8, 4) is 0 Å². The first kappa shape index (κ1) is 11.4. The van der Waals surface area contributed by atoms with Crippen LogP contribution in [-0.2, 0) is 10.0 Å². The van der Waals surface area contributed by atoms with E-state index in [0.717, 1.165) is 38.6 Å². The van der Waals surface area contributed by atoms with E-state index in [9.17, 15) is 8.42 Å². The van der Waals surface area contributed by atoms with Crippen LogP contribution in [0.5, 0.6) is 0 Å². The van der Waals surface area contributed by atoms with Crippen LogP contribution in [0.1, 0.15) is 39.0 Å². The van der Waals surface area contributed by atoms with Gasteiger partial charge in [-0.2, -0.15) is 0 Å². The van der Waals surface area contributed by atoms with Crippen LogP contribution in [0.15, 0.2) is 0 Å². The normalized spacial score (nSPS) is 30.1. The zero-order valence-corrected chi connectivity index (χ0v) is 10.1. The number of hydrogen-bond donors (Lipinski definition) is 2. The zero-order chi connectivity index (χ0) is 10.9. The van der Waals surface area contributed by atoms with Gasteiger partial charge < -0.3 is 5.32 Å². The summed E-state index contributed by atoms with van der Waals surface area (Å²) in [4.78, 5) is 0. The quantitative estimate of drug-likeness (QED) is 0.746. The molecule has 1 atom stereocenters. The van der Waals surface area contributed by atoms with Gasteiger partial charge >= 0.3 is 0 Å². The second-order valence-corrected chi connectivity index (χ2v) is 6.86. The second-order valence-electron chi connectivity index (χ2n) is 5.09. The topological polar surface area (TPSA) is 58.2 Å². The minimum atomic E-state index is -3.10. The maximum atomic E-state index is 11.8. The Bertz CT molecular complexity index is 316. The predicted octanol–water partition coefficient (Wildman–Crippen LogP) is 0.600. The summed E-state index contributed by atoms with van der Waals surface area (Å²) in [7, 11) is -3.10. The van der Waals surface area contributed by atoms with E-state index in [4.69, 9.17) is 0 Å². The van der Waals surface area contributed by atoms with Crippen molar-refractivity contribution in [3.63, 3.8) is 0 Å². The van der Waals surface area contributed by atoms with Gasteiger partial charge in [0.25, 0.3) is 0 Å². The summed E-state index contributed by atoms with van der Waals surface area (Å²) in [5.74, 6) is 0.239. The molecule has 2 fully saturated rings. The molecule has 15 heavy (non-hydrogen) atoms. The standard InChI is InChI=1S/C10H20N2O2S/c1-10(5-3-6-10)12-15(13,14)8-9-4-2-7-11-9/h9,11-12H,2-8H2,1H3. The van der Waals surface area contributed by atoms with Gasteiger partial charge in [0.15, 0.2) is 0 Å². The molecule has 0 amide bonds. The van der Waals surface area contributed by atoms with E-state index in [1.165, 1.54) is 0 Å². The van der Waals surface area contributed by atoms with E-state index in [-0.39, 0.29) is 17.3 Å². The largest absolute Gasteiger partial charge is 0.313 e. The Morgan fingerprint density at radius 1 is 1.40 bits per heavy atom. The summed E-state index contributed by atoms with van der Waals surface area (Å²) in [5.41, 5.74) is -0.155. The third-order valence-corrected chi connectivity index (χ3v) is 5.09. The molecule has 1 saturated carbocycles. The molecule has 2 rings (SSSR count). The SMILES string of the molecule is CC1(NS(=O)(=O)CC2CCCN2)CCC1. The highest BCUT2D eigenvalue weighted by molar-refractivity contribution is 7.89. The average molecular weight is 232 g/mol. The molecular formula is C10H20N2O2S. The van der Waals surface area contributed by atoms with E-state index in [1.807, 2.05) is 6.92 Å². The Hall–Kier alpha value is -0.130. The van der Waals surface area contributed by atoms with Crippen LogP contribution >= 0.6 is 0 Å². The predicted molar refractivity (Wildman–Crippen MR) is 60.2 cm³/mol. The maximum Gasteiger partial charge on any atom is 0.213 e. The third-order valence-electron chi connectivity index (χ3n) is 3.44. The van der Waals surface area contributed by atoms with Crippen LogP contribution in [0.4, 0.5) is 0 Å². The van der Waals surface area contributed by atoms with E-state index in [0.29, 0.717) is 0 Å². The van der Waals surface area contributed by atoms with Crippen LogP contribution in [0.25, 0.3) is 0 Å². The minimum absolute atomic E-state index is 0.155. The van der Waals surface area contributed by atoms with E-state index in [2.05, 4.69) is 10.0 Å². The molecule has 0 spiro atoms. The fourth-order valence-corrected chi connectivity index (χ4v) is 4.24. The molecule has 2 aliphatic rings. The Labute approximate surface area is 91.9 Å². The van der Waals surface area contributed by atoms with Gasteiger partial charge in [-0.05, 0) is 45.6 Å². The number of sulfonamides is 1. The smallest absolute Gasteiger partial charge is 0.213 e. The van der Waals surface area contributed by atoms with Crippen molar-refractivity contribution in [3.05, 3.63) is 0 Å². The van der Waals surface area contributed by atoms with E-state index < -0.39 is 10.0 Å². The summed E-state index contributed by atoms with van der Waals surface area (Å²) < 4.78 is 26.5. The molecule has 0 aromatic rings. The number of rotatable bonds is 4. The molecule has 0 aromatic carbocycles. The lowest BCUT2D eigenvalue weighted by Gasteiger charge is -2.38. The van der Waals surface area contributed by atoms with Gasteiger partial charge in [0.1, 0.15) is 0 Å². The second kappa shape index (κ2) is 4.03. The average Bonchev–Trinajstić information content (AvgIpc) is 2.52.